The van der Waals surface area contributed by atoms with E-state index in [2.05, 4.69) is 0 Å². The van der Waals surface area contributed by atoms with Crippen LogP contribution in [0.25, 0.3) is 0 Å². The first kappa shape index (κ1) is 24.4. The molecule has 0 saturated carbocycles. The summed E-state index contributed by atoms with van der Waals surface area (Å²) in [4.78, 5) is 26.9. The average molecular weight is 471 g/mol. The first-order valence-corrected chi connectivity index (χ1v) is 9.90. The molecule has 0 radical (unpaired) electrons. The molecule has 1 heterocycles. The fraction of sp³-hybridized carbons (Fsp3) is 0.208. The lowest BCUT2D eigenvalue weighted by molar-refractivity contribution is -0.139. The Morgan fingerprint density at radius 3 is 2.18 bits per heavy atom. The summed E-state index contributed by atoms with van der Waals surface area (Å²) in [5, 5.41) is 9.98. The molecule has 2 N–H and O–H groups in total. The molecule has 7 nitrogen and oxygen atoms in total. The number of carbonyl (C=O) groups excluding carboxylic acids is 2. The van der Waals surface area contributed by atoms with Crippen LogP contribution in [0.1, 0.15) is 22.6 Å². The minimum atomic E-state index is -4.70. The third-order valence-electron chi connectivity index (χ3n) is 5.46. The predicted octanol–water partition coefficient (Wildman–Crippen LogP) is 3.91. The zero-order valence-electron chi connectivity index (χ0n) is 18.4. The van der Waals surface area contributed by atoms with Gasteiger partial charge in [0.1, 0.15) is 11.5 Å². The van der Waals surface area contributed by atoms with Gasteiger partial charge in [-0.05, 0) is 30.2 Å². The number of methoxy groups -OCH3 is 2. The number of benzene rings is 2. The molecule has 10 heteroatoms. The minimum absolute atomic E-state index is 0.143. The number of rotatable bonds is 4. The lowest BCUT2D eigenvalue weighted by Gasteiger charge is -2.36. The topological polar surface area (TPSA) is 106 Å². The number of nitrogens with zero attached hydrogens (tertiary/aromatic N) is 2. The van der Waals surface area contributed by atoms with Crippen LogP contribution in [0.3, 0.4) is 0 Å². The lowest BCUT2D eigenvalue weighted by Crippen LogP contribution is -2.41. The highest BCUT2D eigenvalue weighted by Gasteiger charge is 2.44. The number of esters is 2. The first-order chi connectivity index (χ1) is 16.1. The zero-order chi connectivity index (χ0) is 25.2. The van der Waals surface area contributed by atoms with E-state index in [4.69, 9.17) is 15.2 Å². The van der Waals surface area contributed by atoms with E-state index < -0.39 is 35.3 Å². The molecule has 0 bridgehead atoms. The highest BCUT2D eigenvalue weighted by molar-refractivity contribution is 6.06. The number of hydrogen-bond donors (Lipinski definition) is 1. The van der Waals surface area contributed by atoms with E-state index in [1.54, 1.807) is 30.3 Å². The fourth-order valence-corrected chi connectivity index (χ4v) is 3.94. The van der Waals surface area contributed by atoms with Gasteiger partial charge in [0.25, 0.3) is 0 Å². The number of allylic oxidation sites excluding steroid dienone is 1. The summed E-state index contributed by atoms with van der Waals surface area (Å²) in [6, 6.07) is 13.6. The smallest absolute Gasteiger partial charge is 0.416 e. The maximum atomic E-state index is 13.6. The zero-order valence-corrected chi connectivity index (χ0v) is 18.4. The van der Waals surface area contributed by atoms with Crippen LogP contribution in [0.5, 0.6) is 0 Å². The van der Waals surface area contributed by atoms with Crippen LogP contribution in [0.2, 0.25) is 0 Å². The van der Waals surface area contributed by atoms with E-state index in [0.717, 1.165) is 31.3 Å². The average Bonchev–Trinajstić information content (AvgIpc) is 2.82. The van der Waals surface area contributed by atoms with Crippen molar-refractivity contribution >= 4 is 17.6 Å². The molecular formula is C24H20F3N3O4. The molecule has 34 heavy (non-hydrogen) atoms. The van der Waals surface area contributed by atoms with Crippen LogP contribution in [0.4, 0.5) is 18.9 Å². The van der Waals surface area contributed by atoms with E-state index in [1.807, 2.05) is 6.07 Å². The Balaban J connectivity index is 2.46. The molecule has 1 atom stereocenters. The Hall–Kier alpha value is -4.26. The number of halogens is 3. The molecule has 0 saturated heterocycles. The Kier molecular flexibility index (Phi) is 6.68. The SMILES string of the molecule is COC(=O)C1=C(C(=O)OC)N(c2cccc(C(F)(F)F)c2C)C(N)=C(C#N)C1c1ccccc1. The summed E-state index contributed by atoms with van der Waals surface area (Å²) in [6.45, 7) is 1.20. The highest BCUT2D eigenvalue weighted by Crippen LogP contribution is 2.45. The van der Waals surface area contributed by atoms with Gasteiger partial charge in [-0.15, -0.1) is 0 Å². The van der Waals surface area contributed by atoms with Crippen LogP contribution in [0, 0.1) is 18.3 Å². The number of hydrogen-bond acceptors (Lipinski definition) is 7. The van der Waals surface area contributed by atoms with Crippen molar-refractivity contribution in [3.05, 3.63) is 87.9 Å². The summed E-state index contributed by atoms with van der Waals surface area (Å²) in [6.07, 6.45) is -4.70. The Morgan fingerprint density at radius 1 is 1.03 bits per heavy atom. The summed E-state index contributed by atoms with van der Waals surface area (Å²) in [7, 11) is 2.14. The second-order valence-electron chi connectivity index (χ2n) is 7.28. The van der Waals surface area contributed by atoms with Crippen molar-refractivity contribution in [3.8, 4) is 6.07 Å². The monoisotopic (exact) mass is 471 g/mol. The van der Waals surface area contributed by atoms with E-state index >= 15 is 0 Å². The standard InChI is InChI=1S/C24H20F3N3O4/c1-13-16(24(25,26)27)10-7-11-17(13)30-20(23(32)34-3)19(22(31)33-2)18(15(12-28)21(30)29)14-8-5-4-6-9-14/h4-11,18H,29H2,1-3H3. The largest absolute Gasteiger partial charge is 0.466 e. The Morgan fingerprint density at radius 2 is 1.65 bits per heavy atom. The third-order valence-corrected chi connectivity index (χ3v) is 5.46. The van der Waals surface area contributed by atoms with Gasteiger partial charge in [0.05, 0.1) is 48.6 Å². The third kappa shape index (κ3) is 4.08. The molecule has 2 aromatic carbocycles. The van der Waals surface area contributed by atoms with Crippen LogP contribution >= 0.6 is 0 Å². The molecule has 2 aromatic rings. The molecule has 3 rings (SSSR count). The number of nitriles is 1. The van der Waals surface area contributed by atoms with Crippen LogP contribution in [-0.2, 0) is 25.2 Å². The van der Waals surface area contributed by atoms with Crippen molar-refractivity contribution in [1.82, 2.24) is 0 Å². The van der Waals surface area contributed by atoms with Crippen LogP contribution in [-0.4, -0.2) is 26.2 Å². The molecule has 176 valence electrons. The van der Waals surface area contributed by atoms with Gasteiger partial charge in [0.2, 0.25) is 0 Å². The number of alkyl halides is 3. The Bertz CT molecular complexity index is 1240. The second-order valence-corrected chi connectivity index (χ2v) is 7.28. The molecule has 0 amide bonds. The van der Waals surface area contributed by atoms with Gasteiger partial charge in [-0.1, -0.05) is 36.4 Å². The maximum absolute atomic E-state index is 13.6. The molecule has 1 unspecified atom stereocenters. The maximum Gasteiger partial charge on any atom is 0.416 e. The normalized spacial score (nSPS) is 16.3. The molecule has 1 aliphatic heterocycles. The number of carbonyl (C=O) groups is 2. The minimum Gasteiger partial charge on any atom is -0.466 e. The molecular weight excluding hydrogens is 451 g/mol. The van der Waals surface area contributed by atoms with Gasteiger partial charge in [-0.3, -0.25) is 4.90 Å². The second kappa shape index (κ2) is 9.31. The van der Waals surface area contributed by atoms with Crippen molar-refractivity contribution in [3.63, 3.8) is 0 Å². The molecule has 0 aromatic heterocycles. The summed E-state index contributed by atoms with van der Waals surface area (Å²) in [5.74, 6) is -3.44. The molecule has 0 spiro atoms. The van der Waals surface area contributed by atoms with Crippen LogP contribution in [0.15, 0.2) is 71.2 Å². The molecule has 1 aliphatic rings. The lowest BCUT2D eigenvalue weighted by atomic mass is 9.80. The number of nitrogens with two attached hydrogens (primary N) is 1. The number of anilines is 1. The van der Waals surface area contributed by atoms with Crippen molar-refractivity contribution in [1.29, 1.82) is 5.26 Å². The fourth-order valence-electron chi connectivity index (χ4n) is 3.94. The van der Waals surface area contributed by atoms with Gasteiger partial charge < -0.3 is 15.2 Å². The van der Waals surface area contributed by atoms with E-state index in [-0.39, 0.29) is 28.2 Å². The molecule has 0 fully saturated rings. The quantitative estimate of drug-likeness (QED) is 0.674. The van der Waals surface area contributed by atoms with Crippen molar-refractivity contribution < 1.29 is 32.2 Å². The summed E-state index contributed by atoms with van der Waals surface area (Å²) < 4.78 is 50.6. The van der Waals surface area contributed by atoms with E-state index in [0.29, 0.717) is 5.56 Å². The van der Waals surface area contributed by atoms with Gasteiger partial charge >= 0.3 is 18.1 Å². The van der Waals surface area contributed by atoms with Gasteiger partial charge in [-0.25, -0.2) is 9.59 Å². The van der Waals surface area contributed by atoms with Gasteiger partial charge in [0.15, 0.2) is 0 Å². The van der Waals surface area contributed by atoms with Gasteiger partial charge in [0, 0.05) is 0 Å². The first-order valence-electron chi connectivity index (χ1n) is 9.90. The van der Waals surface area contributed by atoms with E-state index in [1.165, 1.54) is 13.0 Å². The predicted molar refractivity (Wildman–Crippen MR) is 116 cm³/mol. The van der Waals surface area contributed by atoms with Crippen molar-refractivity contribution in [2.75, 3.05) is 19.1 Å². The van der Waals surface area contributed by atoms with Crippen molar-refractivity contribution in [2.45, 2.75) is 19.0 Å². The van der Waals surface area contributed by atoms with E-state index in [9.17, 15) is 28.0 Å². The summed E-state index contributed by atoms with van der Waals surface area (Å²) >= 11 is 0. The van der Waals surface area contributed by atoms with Crippen molar-refractivity contribution in [2.24, 2.45) is 5.73 Å². The number of ether oxygens (including phenoxy) is 2. The Labute approximate surface area is 193 Å². The van der Waals surface area contributed by atoms with Crippen LogP contribution < -0.4 is 10.6 Å². The summed E-state index contributed by atoms with van der Waals surface area (Å²) in [5.41, 5.74) is 4.51. The van der Waals surface area contributed by atoms with Gasteiger partial charge in [-0.2, -0.15) is 18.4 Å². The highest BCUT2D eigenvalue weighted by atomic mass is 19.4. The molecule has 0 aliphatic carbocycles.